The van der Waals surface area contributed by atoms with E-state index in [4.69, 9.17) is 34.3 Å². The molecule has 20 heavy (non-hydrogen) atoms. The number of aryl methyl sites for hydroxylation is 1. The maximum absolute atomic E-state index is 6.23. The van der Waals surface area contributed by atoms with Gasteiger partial charge in [-0.25, -0.2) is 0 Å². The average Bonchev–Trinajstić information content (AvgIpc) is 2.42. The Morgan fingerprint density at radius 3 is 2.65 bits per heavy atom. The van der Waals surface area contributed by atoms with Crippen LogP contribution in [0.15, 0.2) is 36.4 Å². The Morgan fingerprint density at radius 1 is 1.30 bits per heavy atom. The second kappa shape index (κ2) is 6.11. The fourth-order valence-electron chi connectivity index (χ4n) is 1.89. The summed E-state index contributed by atoms with van der Waals surface area (Å²) in [5.74, 6) is 0.720. The van der Waals surface area contributed by atoms with E-state index in [1.165, 1.54) is 0 Å². The molecule has 0 atom stereocenters. The van der Waals surface area contributed by atoms with Crippen molar-refractivity contribution >= 4 is 40.2 Å². The second-order valence-corrected chi connectivity index (χ2v) is 5.18. The quantitative estimate of drug-likeness (QED) is 0.837. The fourth-order valence-corrected chi connectivity index (χ4v) is 2.34. The van der Waals surface area contributed by atoms with Gasteiger partial charge in [-0.2, -0.15) is 0 Å². The third-order valence-corrected chi connectivity index (χ3v) is 3.51. The van der Waals surface area contributed by atoms with Gasteiger partial charge in [0.15, 0.2) is 0 Å². The highest BCUT2D eigenvalue weighted by Crippen LogP contribution is 2.32. The van der Waals surface area contributed by atoms with Crippen LogP contribution < -0.4 is 15.8 Å². The summed E-state index contributed by atoms with van der Waals surface area (Å²) in [4.78, 5) is 0.319. The minimum Gasteiger partial charge on any atom is -0.497 e. The van der Waals surface area contributed by atoms with Crippen LogP contribution in [0.5, 0.6) is 5.75 Å². The van der Waals surface area contributed by atoms with E-state index in [0.717, 1.165) is 28.3 Å². The second-order valence-electron chi connectivity index (χ2n) is 4.33. The molecule has 0 spiro atoms. The van der Waals surface area contributed by atoms with Gasteiger partial charge in [0.25, 0.3) is 0 Å². The van der Waals surface area contributed by atoms with Gasteiger partial charge in [0.2, 0.25) is 0 Å². The van der Waals surface area contributed by atoms with Crippen molar-refractivity contribution in [1.29, 1.82) is 0 Å². The van der Waals surface area contributed by atoms with E-state index in [0.29, 0.717) is 10.0 Å². The fraction of sp³-hybridized carbons (Fsp3) is 0.133. The number of halogens is 1. The van der Waals surface area contributed by atoms with E-state index < -0.39 is 0 Å². The Kier molecular flexibility index (Phi) is 4.47. The number of thiocarbonyl (C=S) groups is 1. The zero-order valence-electron chi connectivity index (χ0n) is 11.2. The summed E-state index contributed by atoms with van der Waals surface area (Å²) in [5.41, 5.74) is 9.14. The van der Waals surface area contributed by atoms with E-state index in [9.17, 15) is 0 Å². The molecule has 0 amide bonds. The third-order valence-electron chi connectivity index (χ3n) is 2.97. The number of ether oxygens (including phenoxy) is 1. The van der Waals surface area contributed by atoms with E-state index in [1.54, 1.807) is 7.11 Å². The molecule has 0 aliphatic heterocycles. The molecule has 0 bridgehead atoms. The van der Waals surface area contributed by atoms with Crippen molar-refractivity contribution in [3.05, 3.63) is 52.5 Å². The summed E-state index contributed by atoms with van der Waals surface area (Å²) in [6, 6.07) is 11.2. The van der Waals surface area contributed by atoms with Gasteiger partial charge in [0.1, 0.15) is 10.7 Å². The van der Waals surface area contributed by atoms with Gasteiger partial charge in [-0.3, -0.25) is 0 Å². The molecule has 2 rings (SSSR count). The number of benzene rings is 2. The minimum atomic E-state index is 0.319. The van der Waals surface area contributed by atoms with Gasteiger partial charge in [0.05, 0.1) is 23.5 Å². The summed E-state index contributed by atoms with van der Waals surface area (Å²) in [5, 5.41) is 3.93. The van der Waals surface area contributed by atoms with E-state index in [2.05, 4.69) is 5.32 Å². The van der Waals surface area contributed by atoms with Crippen LogP contribution in [0.1, 0.15) is 11.1 Å². The standard InChI is InChI=1S/C15H15ClN2OS/c1-9-4-3-5-12(16)14(9)18-13-8-10(19-2)6-7-11(13)15(17)20/h3-8,18H,1-2H3,(H2,17,20). The predicted molar refractivity (Wildman–Crippen MR) is 88.4 cm³/mol. The lowest BCUT2D eigenvalue weighted by Crippen LogP contribution is -2.12. The maximum atomic E-state index is 6.23. The van der Waals surface area contributed by atoms with Crippen molar-refractivity contribution < 1.29 is 4.74 Å². The van der Waals surface area contributed by atoms with Crippen LogP contribution in [0.3, 0.4) is 0 Å². The predicted octanol–water partition coefficient (Wildman–Crippen LogP) is 4.03. The lowest BCUT2D eigenvalue weighted by Gasteiger charge is -2.15. The lowest BCUT2D eigenvalue weighted by molar-refractivity contribution is 0.415. The first-order valence-electron chi connectivity index (χ1n) is 6.03. The Morgan fingerprint density at radius 2 is 2.05 bits per heavy atom. The lowest BCUT2D eigenvalue weighted by atomic mass is 10.1. The molecule has 0 aliphatic carbocycles. The smallest absolute Gasteiger partial charge is 0.120 e. The van der Waals surface area contributed by atoms with Crippen LogP contribution in [-0.2, 0) is 0 Å². The van der Waals surface area contributed by atoms with Gasteiger partial charge in [-0.05, 0) is 30.7 Å². The van der Waals surface area contributed by atoms with Gasteiger partial charge in [0, 0.05) is 11.6 Å². The van der Waals surface area contributed by atoms with Crippen LogP contribution in [-0.4, -0.2) is 12.1 Å². The zero-order valence-corrected chi connectivity index (χ0v) is 12.8. The first-order valence-corrected chi connectivity index (χ1v) is 6.81. The highest BCUT2D eigenvalue weighted by molar-refractivity contribution is 7.80. The zero-order chi connectivity index (χ0) is 14.7. The van der Waals surface area contributed by atoms with Crippen molar-refractivity contribution in [2.24, 2.45) is 5.73 Å². The molecule has 2 aromatic carbocycles. The molecule has 2 aromatic rings. The highest BCUT2D eigenvalue weighted by atomic mass is 35.5. The third kappa shape index (κ3) is 3.03. The summed E-state index contributed by atoms with van der Waals surface area (Å²) in [6.45, 7) is 1.98. The van der Waals surface area contributed by atoms with Gasteiger partial charge in [-0.1, -0.05) is 36.0 Å². The molecule has 3 nitrogen and oxygen atoms in total. The van der Waals surface area contributed by atoms with Crippen LogP contribution in [0.4, 0.5) is 11.4 Å². The SMILES string of the molecule is COc1ccc(C(N)=S)c(Nc2c(C)cccc2Cl)c1. The molecule has 0 fully saturated rings. The van der Waals surface area contributed by atoms with E-state index >= 15 is 0 Å². The molecule has 0 heterocycles. The van der Waals surface area contributed by atoms with Crippen molar-refractivity contribution in [2.45, 2.75) is 6.92 Å². The molecule has 0 aromatic heterocycles. The minimum absolute atomic E-state index is 0.319. The number of nitrogens with two attached hydrogens (primary N) is 1. The molecule has 0 aliphatic rings. The summed E-state index contributed by atoms with van der Waals surface area (Å²) in [7, 11) is 1.61. The Balaban J connectivity index is 2.49. The number of methoxy groups -OCH3 is 1. The van der Waals surface area contributed by atoms with Crippen molar-refractivity contribution in [3.8, 4) is 5.75 Å². The van der Waals surface area contributed by atoms with Crippen molar-refractivity contribution in [3.63, 3.8) is 0 Å². The van der Waals surface area contributed by atoms with Gasteiger partial charge >= 0.3 is 0 Å². The van der Waals surface area contributed by atoms with Crippen molar-refractivity contribution in [1.82, 2.24) is 0 Å². The molecule has 3 N–H and O–H groups in total. The number of anilines is 2. The molecule has 104 valence electrons. The molecule has 0 saturated heterocycles. The van der Waals surface area contributed by atoms with Crippen LogP contribution in [0.25, 0.3) is 0 Å². The van der Waals surface area contributed by atoms with E-state index in [-0.39, 0.29) is 0 Å². The summed E-state index contributed by atoms with van der Waals surface area (Å²) in [6.07, 6.45) is 0. The van der Waals surface area contributed by atoms with E-state index in [1.807, 2.05) is 43.3 Å². The molecular formula is C15H15ClN2OS. The van der Waals surface area contributed by atoms with Gasteiger partial charge < -0.3 is 15.8 Å². The molecule has 0 unspecified atom stereocenters. The van der Waals surface area contributed by atoms with Crippen LogP contribution in [0.2, 0.25) is 5.02 Å². The number of para-hydroxylation sites is 1. The first kappa shape index (κ1) is 14.6. The first-order chi connectivity index (χ1) is 9.52. The van der Waals surface area contributed by atoms with Crippen molar-refractivity contribution in [2.75, 3.05) is 12.4 Å². The molecular weight excluding hydrogens is 292 g/mol. The van der Waals surface area contributed by atoms with Gasteiger partial charge in [-0.15, -0.1) is 0 Å². The summed E-state index contributed by atoms with van der Waals surface area (Å²) >= 11 is 11.3. The van der Waals surface area contributed by atoms with Crippen LogP contribution in [0, 0.1) is 6.92 Å². The summed E-state index contributed by atoms with van der Waals surface area (Å²) < 4.78 is 5.23. The average molecular weight is 307 g/mol. The largest absolute Gasteiger partial charge is 0.497 e. The number of hydrogen-bond donors (Lipinski definition) is 2. The Hall–Kier alpha value is -1.78. The molecule has 0 radical (unpaired) electrons. The Labute approximate surface area is 128 Å². The Bertz CT molecular complexity index is 638. The number of hydrogen-bond acceptors (Lipinski definition) is 3. The topological polar surface area (TPSA) is 47.3 Å². The maximum Gasteiger partial charge on any atom is 0.120 e. The molecule has 5 heteroatoms. The monoisotopic (exact) mass is 306 g/mol. The highest BCUT2D eigenvalue weighted by Gasteiger charge is 2.10. The number of nitrogens with one attached hydrogen (secondary N) is 1. The molecule has 0 saturated carbocycles. The number of rotatable bonds is 4. The normalized spacial score (nSPS) is 10.2. The van der Waals surface area contributed by atoms with Crippen LogP contribution >= 0.6 is 23.8 Å².